The smallest absolute Gasteiger partial charge is 0.417 e. The molecular formula is C22H24F5N3O4S. The van der Waals surface area contributed by atoms with E-state index in [4.69, 9.17) is 9.47 Å². The van der Waals surface area contributed by atoms with Gasteiger partial charge in [-0.3, -0.25) is 4.79 Å². The summed E-state index contributed by atoms with van der Waals surface area (Å²) in [6.45, 7) is 2.01. The van der Waals surface area contributed by atoms with E-state index in [0.717, 1.165) is 26.2 Å². The molecule has 1 saturated heterocycles. The van der Waals surface area contributed by atoms with Crippen LogP contribution < -0.4 is 10.1 Å². The molecule has 1 aliphatic rings. The Morgan fingerprint density at radius 1 is 1.29 bits per heavy atom. The van der Waals surface area contributed by atoms with E-state index in [0.29, 0.717) is 0 Å². The second-order valence-corrected chi connectivity index (χ2v) is 10.7. The predicted molar refractivity (Wildman–Crippen MR) is 118 cm³/mol. The summed E-state index contributed by atoms with van der Waals surface area (Å²) in [6, 6.07) is 4.45. The number of benzene rings is 1. The van der Waals surface area contributed by atoms with Crippen molar-refractivity contribution in [2.75, 3.05) is 25.7 Å². The minimum atomic E-state index is -4.88. The average Bonchev–Trinajstić information content (AvgIpc) is 3.07. The number of ether oxygens (including phenoxy) is 2. The van der Waals surface area contributed by atoms with E-state index in [1.54, 1.807) is 0 Å². The van der Waals surface area contributed by atoms with Gasteiger partial charge in [0.25, 0.3) is 5.91 Å². The third-order valence-electron chi connectivity index (χ3n) is 6.31. The van der Waals surface area contributed by atoms with E-state index < -0.39 is 62.7 Å². The standard InChI is InChI=1S/C22H24F5N3O4S/c1-11-16(13-6-7-14(23)17(24)18(13)33-4)19(34-21(11,2)22(25,26)27)20(31)30-12-8-9-29-15(10-12)35(5,32)28-3/h6-11,16,19H,1-5H3,(H,29,30,31)/t11-,16-,19+,21+,35+/m1/s1. The molecule has 1 N–H and O–H groups in total. The number of hydrogen-bond donors (Lipinski definition) is 1. The maximum absolute atomic E-state index is 14.4. The summed E-state index contributed by atoms with van der Waals surface area (Å²) < 4.78 is 96.8. The van der Waals surface area contributed by atoms with Crippen LogP contribution in [0.25, 0.3) is 0 Å². The van der Waals surface area contributed by atoms with E-state index in [9.17, 15) is 31.0 Å². The highest BCUT2D eigenvalue weighted by Crippen LogP contribution is 2.55. The Morgan fingerprint density at radius 3 is 2.51 bits per heavy atom. The van der Waals surface area contributed by atoms with Crippen LogP contribution in [0.5, 0.6) is 5.75 Å². The van der Waals surface area contributed by atoms with Gasteiger partial charge in [0.05, 0.1) is 16.8 Å². The number of pyridine rings is 1. The quantitative estimate of drug-likeness (QED) is 0.584. The molecule has 0 unspecified atom stereocenters. The van der Waals surface area contributed by atoms with Crippen LogP contribution in [0.2, 0.25) is 0 Å². The first kappa shape index (κ1) is 26.8. The molecule has 13 heteroatoms. The monoisotopic (exact) mass is 521 g/mol. The normalized spacial score (nSPS) is 26.2. The van der Waals surface area contributed by atoms with Crippen molar-refractivity contribution in [3.63, 3.8) is 0 Å². The van der Waals surface area contributed by atoms with Gasteiger partial charge < -0.3 is 14.8 Å². The van der Waals surface area contributed by atoms with Crippen molar-refractivity contribution in [3.8, 4) is 5.75 Å². The first-order valence-electron chi connectivity index (χ1n) is 10.3. The topological polar surface area (TPSA) is 89.9 Å². The predicted octanol–water partition coefficient (Wildman–Crippen LogP) is 4.53. The van der Waals surface area contributed by atoms with Crippen LogP contribution in [-0.4, -0.2) is 53.4 Å². The minimum absolute atomic E-state index is 0.0532. The molecule has 3 rings (SSSR count). The number of nitrogens with one attached hydrogen (secondary N) is 1. The molecule has 192 valence electrons. The number of carbonyl (C=O) groups is 1. The lowest BCUT2D eigenvalue weighted by Gasteiger charge is -2.32. The van der Waals surface area contributed by atoms with Crippen molar-refractivity contribution < 1.29 is 40.4 Å². The van der Waals surface area contributed by atoms with Gasteiger partial charge in [0, 0.05) is 42.6 Å². The van der Waals surface area contributed by atoms with Gasteiger partial charge in [-0.05, 0) is 25.1 Å². The number of carbonyl (C=O) groups excluding carboxylic acids is 1. The Hall–Kier alpha value is -2.80. The van der Waals surface area contributed by atoms with Gasteiger partial charge in [0.2, 0.25) is 5.82 Å². The van der Waals surface area contributed by atoms with Gasteiger partial charge in [-0.15, -0.1) is 0 Å². The number of hydrogen-bond acceptors (Lipinski definition) is 6. The SMILES string of the molecule is CN=[S@@](C)(=O)c1cc(NC(=O)[C@H]2O[C@](C)(C(F)(F)F)[C@H](C)[C@@H]2c2ccc(F)c(F)c2OC)ccn1. The number of halogens is 5. The van der Waals surface area contributed by atoms with Crippen molar-refractivity contribution in [1.82, 2.24) is 4.98 Å². The fraction of sp³-hybridized carbons (Fsp3) is 0.455. The Kier molecular flexibility index (Phi) is 7.15. The molecular weight excluding hydrogens is 497 g/mol. The number of amides is 1. The van der Waals surface area contributed by atoms with Crippen LogP contribution in [0.1, 0.15) is 25.3 Å². The number of methoxy groups -OCH3 is 1. The molecule has 2 aromatic rings. The number of aromatic nitrogens is 1. The van der Waals surface area contributed by atoms with Crippen molar-refractivity contribution in [1.29, 1.82) is 0 Å². The van der Waals surface area contributed by atoms with Crippen LogP contribution in [-0.2, 0) is 19.3 Å². The second kappa shape index (κ2) is 9.34. The van der Waals surface area contributed by atoms with E-state index in [1.807, 2.05) is 0 Å². The summed E-state index contributed by atoms with van der Waals surface area (Å²) in [6.07, 6.45) is -4.05. The van der Waals surface area contributed by atoms with Crippen molar-refractivity contribution in [2.45, 2.75) is 42.7 Å². The molecule has 0 saturated carbocycles. The zero-order valence-electron chi connectivity index (χ0n) is 19.4. The molecule has 2 heterocycles. The first-order valence-corrected chi connectivity index (χ1v) is 12.2. The summed E-state index contributed by atoms with van der Waals surface area (Å²) in [5.41, 5.74) is -2.84. The zero-order chi connectivity index (χ0) is 26.3. The Balaban J connectivity index is 2.08. The molecule has 35 heavy (non-hydrogen) atoms. The third-order valence-corrected chi connectivity index (χ3v) is 8.01. The van der Waals surface area contributed by atoms with Crippen LogP contribution in [0.4, 0.5) is 27.6 Å². The molecule has 0 radical (unpaired) electrons. The number of nitrogens with zero attached hydrogens (tertiary/aromatic N) is 2. The van der Waals surface area contributed by atoms with Crippen LogP contribution in [0.3, 0.4) is 0 Å². The molecule has 0 bridgehead atoms. The highest BCUT2D eigenvalue weighted by atomic mass is 32.2. The van der Waals surface area contributed by atoms with E-state index in [2.05, 4.69) is 14.7 Å². The maximum atomic E-state index is 14.4. The van der Waals surface area contributed by atoms with E-state index in [1.165, 1.54) is 38.6 Å². The summed E-state index contributed by atoms with van der Waals surface area (Å²) in [7, 11) is -0.480. The first-order chi connectivity index (χ1) is 16.2. The third kappa shape index (κ3) is 4.70. The van der Waals surface area contributed by atoms with Gasteiger partial charge in [0.15, 0.2) is 17.2 Å². The van der Waals surface area contributed by atoms with Crippen molar-refractivity contribution in [2.24, 2.45) is 10.3 Å². The van der Waals surface area contributed by atoms with Gasteiger partial charge >= 0.3 is 6.18 Å². The Labute approximate surface area is 199 Å². The highest BCUT2D eigenvalue weighted by Gasteiger charge is 2.65. The largest absolute Gasteiger partial charge is 0.493 e. The molecule has 1 aromatic carbocycles. The van der Waals surface area contributed by atoms with Crippen LogP contribution in [0.15, 0.2) is 39.9 Å². The fourth-order valence-electron chi connectivity index (χ4n) is 4.04. The van der Waals surface area contributed by atoms with E-state index in [-0.39, 0.29) is 16.3 Å². The molecule has 5 atom stereocenters. The van der Waals surface area contributed by atoms with Crippen molar-refractivity contribution in [3.05, 3.63) is 47.7 Å². The van der Waals surface area contributed by atoms with Gasteiger partial charge in [0.1, 0.15) is 11.1 Å². The summed E-state index contributed by atoms with van der Waals surface area (Å²) in [5.74, 6) is -6.99. The zero-order valence-corrected chi connectivity index (χ0v) is 20.3. The molecule has 7 nitrogen and oxygen atoms in total. The number of alkyl halides is 3. The van der Waals surface area contributed by atoms with E-state index >= 15 is 0 Å². The lowest BCUT2D eigenvalue weighted by molar-refractivity contribution is -0.272. The molecule has 0 aliphatic carbocycles. The summed E-state index contributed by atoms with van der Waals surface area (Å²) >= 11 is 0. The number of rotatable bonds is 5. The van der Waals surface area contributed by atoms with Crippen LogP contribution in [0, 0.1) is 17.6 Å². The lowest BCUT2D eigenvalue weighted by atomic mass is 9.77. The molecule has 1 aromatic heterocycles. The maximum Gasteiger partial charge on any atom is 0.417 e. The fourth-order valence-corrected chi connectivity index (χ4v) is 4.83. The number of anilines is 1. The van der Waals surface area contributed by atoms with Gasteiger partial charge in [-0.1, -0.05) is 13.0 Å². The molecule has 1 fully saturated rings. The lowest BCUT2D eigenvalue weighted by Crippen LogP contribution is -2.47. The van der Waals surface area contributed by atoms with Crippen LogP contribution >= 0.6 is 0 Å². The molecule has 1 aliphatic heterocycles. The average molecular weight is 522 g/mol. The van der Waals surface area contributed by atoms with Crippen molar-refractivity contribution >= 4 is 21.3 Å². The molecule has 0 spiro atoms. The summed E-state index contributed by atoms with van der Waals surface area (Å²) in [5, 5.41) is 2.50. The summed E-state index contributed by atoms with van der Waals surface area (Å²) in [4.78, 5) is 17.2. The second-order valence-electron chi connectivity index (χ2n) is 8.30. The Bertz CT molecular complexity index is 1260. The highest BCUT2D eigenvalue weighted by molar-refractivity contribution is 7.92. The molecule has 1 amide bonds. The van der Waals surface area contributed by atoms with Gasteiger partial charge in [-0.25, -0.2) is 17.9 Å². The minimum Gasteiger partial charge on any atom is -0.493 e. The Morgan fingerprint density at radius 2 is 1.94 bits per heavy atom. The van der Waals surface area contributed by atoms with Gasteiger partial charge in [-0.2, -0.15) is 17.6 Å².